The maximum atomic E-state index is 15.7. The number of alkyl halides is 3. The summed E-state index contributed by atoms with van der Waals surface area (Å²) >= 11 is 0. The van der Waals surface area contributed by atoms with Crippen molar-refractivity contribution in [3.8, 4) is 107 Å². The van der Waals surface area contributed by atoms with Crippen LogP contribution in [0.3, 0.4) is 0 Å². The largest absolute Gasteiger partial charge is 0.416 e. The Labute approximate surface area is 493 Å². The zero-order valence-electron chi connectivity index (χ0n) is 46.0. The molecule has 9 heteroatoms. The van der Waals surface area contributed by atoms with Crippen molar-refractivity contribution in [3.05, 3.63) is 296 Å². The van der Waals surface area contributed by atoms with Crippen LogP contribution in [-0.2, 0) is 6.18 Å². The summed E-state index contributed by atoms with van der Waals surface area (Å²) in [6, 6.07) is 95.5. The van der Waals surface area contributed by atoms with Gasteiger partial charge in [-0.2, -0.15) is 18.4 Å². The molecule has 15 rings (SSSR count). The average molecular weight is 1110 g/mol. The van der Waals surface area contributed by atoms with Crippen molar-refractivity contribution in [2.24, 2.45) is 0 Å². The van der Waals surface area contributed by atoms with E-state index in [0.29, 0.717) is 16.7 Å². The Balaban J connectivity index is 0.963. The predicted molar refractivity (Wildman–Crippen MR) is 342 cm³/mol. The molecule has 0 fully saturated rings. The van der Waals surface area contributed by atoms with E-state index in [2.05, 4.69) is 114 Å². The molecule has 0 saturated heterocycles. The Morgan fingerprint density at radius 3 is 0.988 bits per heavy atom. The third-order valence-corrected chi connectivity index (χ3v) is 16.1. The summed E-state index contributed by atoms with van der Waals surface area (Å²) in [6.45, 7) is 0. The molecule has 3 heterocycles. The van der Waals surface area contributed by atoms with E-state index in [-0.39, 0.29) is 28.7 Å². The van der Waals surface area contributed by atoms with Crippen molar-refractivity contribution in [3.63, 3.8) is 0 Å². The third kappa shape index (κ3) is 9.42. The van der Waals surface area contributed by atoms with Gasteiger partial charge in [0.1, 0.15) is 0 Å². The quantitative estimate of drug-likeness (QED) is 0.137. The molecular formula is C77H47F3N6. The van der Waals surface area contributed by atoms with E-state index in [1.54, 1.807) is 12.1 Å². The van der Waals surface area contributed by atoms with Gasteiger partial charge in [0, 0.05) is 49.6 Å². The monoisotopic (exact) mass is 1110 g/mol. The zero-order valence-corrected chi connectivity index (χ0v) is 46.0. The van der Waals surface area contributed by atoms with Crippen molar-refractivity contribution >= 4 is 43.6 Å². The SMILES string of the molecule is N#Cc1cccc(-c2cc(-c3nc(-c4ccccc4)nc(-c4cc(-n5c6ccc(-c7ccccc7)cc6c6cc(-c7ccccc7)ccc65)cc(C(F)(F)F)c4)n3)cc(-n3c4ccc(-c5ccccc5)cc4c4cc(-c5ccccc5)ccc43)c2)c1. The van der Waals surface area contributed by atoms with Crippen LogP contribution in [0.4, 0.5) is 13.2 Å². The van der Waals surface area contributed by atoms with E-state index in [9.17, 15) is 5.26 Å². The topological polar surface area (TPSA) is 72.3 Å². The van der Waals surface area contributed by atoms with Gasteiger partial charge in [0.15, 0.2) is 17.5 Å². The van der Waals surface area contributed by atoms with E-state index in [1.165, 1.54) is 6.07 Å². The van der Waals surface area contributed by atoms with Gasteiger partial charge < -0.3 is 9.13 Å². The fraction of sp³-hybridized carbons (Fsp3) is 0.0130. The van der Waals surface area contributed by atoms with Crippen LogP contribution in [0.15, 0.2) is 285 Å². The third-order valence-electron chi connectivity index (χ3n) is 16.1. The molecule has 0 atom stereocenters. The summed E-state index contributed by atoms with van der Waals surface area (Å²) in [5, 5.41) is 14.0. The molecule has 0 aliphatic heterocycles. The second-order valence-electron chi connectivity index (χ2n) is 21.5. The summed E-state index contributed by atoms with van der Waals surface area (Å²) in [7, 11) is 0. The van der Waals surface area contributed by atoms with Crippen LogP contribution in [0.2, 0.25) is 0 Å². The highest BCUT2D eigenvalue weighted by Crippen LogP contribution is 2.43. The van der Waals surface area contributed by atoms with Gasteiger partial charge in [-0.1, -0.05) is 188 Å². The van der Waals surface area contributed by atoms with Gasteiger partial charge in [-0.05, 0) is 153 Å². The maximum Gasteiger partial charge on any atom is 0.416 e. The van der Waals surface area contributed by atoms with Crippen LogP contribution >= 0.6 is 0 Å². The average Bonchev–Trinajstić information content (AvgIpc) is 2.15. The minimum absolute atomic E-state index is 0.0527. The number of halogens is 3. The standard InChI is InChI=1S/C77H47F3N6/c78-77(79,80)63-39-62(42-65(47-63)86-72-35-31-58(52-22-10-3-11-23-52)45-68(72)69-46-59(32-36-73(69)86)53-24-12-4-13-25-53)76-83-74(54-26-14-5-15-27-54)82-75(84-76)61-38-60(55-28-16-17-49(37-55)48-81)40-64(41-61)85-70-33-29-56(50-18-6-1-7-19-50)43-66(70)67-44-57(30-34-71(67)85)51-20-8-2-9-21-51/h1-47H. The number of fused-ring (bicyclic) bond motifs is 6. The number of rotatable bonds is 10. The van der Waals surface area contributed by atoms with Gasteiger partial charge in [0.05, 0.1) is 39.3 Å². The minimum Gasteiger partial charge on any atom is -0.309 e. The summed E-state index contributed by atoms with van der Waals surface area (Å²) in [5.41, 5.74) is 15.3. The zero-order chi connectivity index (χ0) is 57.9. The van der Waals surface area contributed by atoms with Crippen LogP contribution in [-0.4, -0.2) is 24.1 Å². The maximum absolute atomic E-state index is 15.7. The lowest BCUT2D eigenvalue weighted by Gasteiger charge is -2.16. The first-order valence-corrected chi connectivity index (χ1v) is 28.3. The van der Waals surface area contributed by atoms with Gasteiger partial charge in [-0.15, -0.1) is 0 Å². The summed E-state index contributed by atoms with van der Waals surface area (Å²) in [5.74, 6) is 0.571. The Bertz CT molecular complexity index is 4950. The first-order valence-electron chi connectivity index (χ1n) is 28.3. The van der Waals surface area contributed by atoms with Crippen molar-refractivity contribution < 1.29 is 13.2 Å². The fourth-order valence-corrected chi connectivity index (χ4v) is 12.0. The lowest BCUT2D eigenvalue weighted by molar-refractivity contribution is -0.137. The van der Waals surface area contributed by atoms with Crippen LogP contribution < -0.4 is 0 Å². The highest BCUT2D eigenvalue weighted by atomic mass is 19.4. The number of aromatic nitrogens is 5. The molecule has 0 N–H and O–H groups in total. The van der Waals surface area contributed by atoms with Crippen molar-refractivity contribution in [1.29, 1.82) is 5.26 Å². The Kier molecular flexibility index (Phi) is 12.6. The molecular weight excluding hydrogens is 1070 g/mol. The number of hydrogen-bond donors (Lipinski definition) is 0. The molecule has 0 bridgehead atoms. The molecule has 12 aromatic carbocycles. The van der Waals surface area contributed by atoms with Gasteiger partial charge >= 0.3 is 6.18 Å². The molecule has 15 aromatic rings. The van der Waals surface area contributed by atoms with Crippen molar-refractivity contribution in [2.45, 2.75) is 6.18 Å². The Morgan fingerprint density at radius 2 is 0.605 bits per heavy atom. The van der Waals surface area contributed by atoms with Crippen molar-refractivity contribution in [1.82, 2.24) is 24.1 Å². The molecule has 0 aliphatic carbocycles. The highest BCUT2D eigenvalue weighted by molar-refractivity contribution is 6.13. The van der Waals surface area contributed by atoms with E-state index < -0.39 is 11.7 Å². The molecule has 0 amide bonds. The Hall–Kier alpha value is -11.5. The predicted octanol–water partition coefficient (Wildman–Crippen LogP) is 20.3. The molecule has 0 unspecified atom stereocenters. The van der Waals surface area contributed by atoms with Crippen molar-refractivity contribution in [2.75, 3.05) is 0 Å². The van der Waals surface area contributed by atoms with E-state index in [0.717, 1.165) is 111 Å². The van der Waals surface area contributed by atoms with E-state index >= 15 is 13.2 Å². The van der Waals surface area contributed by atoms with Crippen LogP contribution in [0.1, 0.15) is 11.1 Å². The molecule has 6 nitrogen and oxygen atoms in total. The number of benzene rings is 12. The van der Waals surface area contributed by atoms with Gasteiger partial charge in [-0.25, -0.2) is 15.0 Å². The first-order chi connectivity index (χ1) is 42.2. The summed E-state index contributed by atoms with van der Waals surface area (Å²) < 4.78 is 51.2. The molecule has 0 spiro atoms. The van der Waals surface area contributed by atoms with Gasteiger partial charge in [0.25, 0.3) is 0 Å². The van der Waals surface area contributed by atoms with Gasteiger partial charge in [0.2, 0.25) is 0 Å². The van der Waals surface area contributed by atoms with Crippen LogP contribution in [0, 0.1) is 11.3 Å². The second kappa shape index (κ2) is 21.1. The van der Waals surface area contributed by atoms with Gasteiger partial charge in [-0.3, -0.25) is 0 Å². The number of hydrogen-bond acceptors (Lipinski definition) is 4. The molecule has 0 aliphatic rings. The molecule has 3 aromatic heterocycles. The number of nitriles is 1. The summed E-state index contributed by atoms with van der Waals surface area (Å²) in [6.07, 6.45) is -4.75. The first kappa shape index (κ1) is 51.4. The minimum atomic E-state index is -4.75. The highest BCUT2D eigenvalue weighted by Gasteiger charge is 2.33. The van der Waals surface area contributed by atoms with E-state index in [1.807, 2.05) is 162 Å². The molecule has 406 valence electrons. The molecule has 86 heavy (non-hydrogen) atoms. The summed E-state index contributed by atoms with van der Waals surface area (Å²) in [4.78, 5) is 15.4. The Morgan fingerprint density at radius 1 is 0.279 bits per heavy atom. The van der Waals surface area contributed by atoms with Crippen LogP contribution in [0.25, 0.3) is 145 Å². The normalized spacial score (nSPS) is 11.7. The fourth-order valence-electron chi connectivity index (χ4n) is 12.0. The lowest BCUT2D eigenvalue weighted by atomic mass is 9.99. The number of nitrogens with zero attached hydrogens (tertiary/aromatic N) is 6. The second-order valence-corrected chi connectivity index (χ2v) is 21.5. The molecule has 0 radical (unpaired) electrons. The smallest absolute Gasteiger partial charge is 0.309 e. The van der Waals surface area contributed by atoms with E-state index in [4.69, 9.17) is 15.0 Å². The van der Waals surface area contributed by atoms with Crippen LogP contribution in [0.5, 0.6) is 0 Å². The molecule has 0 saturated carbocycles. The lowest BCUT2D eigenvalue weighted by Crippen LogP contribution is -2.08.